The van der Waals surface area contributed by atoms with E-state index in [1.807, 2.05) is 32.9 Å². The summed E-state index contributed by atoms with van der Waals surface area (Å²) in [6.45, 7) is 5.77. The van der Waals surface area contributed by atoms with Gasteiger partial charge in [-0.25, -0.2) is 4.68 Å². The number of hydrogen-bond acceptors (Lipinski definition) is 4. The minimum absolute atomic E-state index is 0.0189. The first-order valence-electron chi connectivity index (χ1n) is 6.55. The molecule has 0 aliphatic heterocycles. The molecule has 0 radical (unpaired) electrons. The summed E-state index contributed by atoms with van der Waals surface area (Å²) in [5, 5.41) is 7.48. The van der Waals surface area contributed by atoms with E-state index in [0.29, 0.717) is 12.1 Å². The third-order valence-electron chi connectivity index (χ3n) is 2.92. The second-order valence-electron chi connectivity index (χ2n) is 5.04. The molecular weight excluding hydrogens is 278 g/mol. The molecule has 1 unspecified atom stereocenters. The Hall–Kier alpha value is -1.75. The first-order valence-corrected chi connectivity index (χ1v) is 6.93. The maximum Gasteiger partial charge on any atom is 0.287 e. The fourth-order valence-corrected chi connectivity index (χ4v) is 2.15. The van der Waals surface area contributed by atoms with E-state index >= 15 is 0 Å². The summed E-state index contributed by atoms with van der Waals surface area (Å²) in [5.41, 5.74) is 0.268. The molecule has 0 aromatic carbocycles. The van der Waals surface area contributed by atoms with Gasteiger partial charge in [-0.1, -0.05) is 11.6 Å². The van der Waals surface area contributed by atoms with Crippen LogP contribution in [0.15, 0.2) is 33.8 Å². The normalized spacial score (nSPS) is 12.7. The van der Waals surface area contributed by atoms with Crippen molar-refractivity contribution in [2.45, 2.75) is 39.3 Å². The van der Waals surface area contributed by atoms with Crippen LogP contribution < -0.4 is 10.9 Å². The molecule has 1 N–H and O–H groups in total. The predicted molar refractivity (Wildman–Crippen MR) is 79.4 cm³/mol. The highest BCUT2D eigenvalue weighted by atomic mass is 35.5. The Balaban J connectivity index is 2.14. The highest BCUT2D eigenvalue weighted by molar-refractivity contribution is 6.32. The van der Waals surface area contributed by atoms with Crippen molar-refractivity contribution in [1.29, 1.82) is 0 Å². The molecule has 108 valence electrons. The van der Waals surface area contributed by atoms with Gasteiger partial charge in [0.2, 0.25) is 0 Å². The number of aromatic nitrogens is 2. The molecule has 2 aromatic rings. The molecule has 2 heterocycles. The molecule has 0 amide bonds. The Morgan fingerprint density at radius 3 is 2.80 bits per heavy atom. The lowest BCUT2D eigenvalue weighted by atomic mass is 10.2. The van der Waals surface area contributed by atoms with Gasteiger partial charge in [-0.05, 0) is 32.9 Å². The van der Waals surface area contributed by atoms with Gasteiger partial charge in [-0.3, -0.25) is 4.79 Å². The molecule has 6 heteroatoms. The summed E-state index contributed by atoms with van der Waals surface area (Å²) in [5.74, 6) is 0.879. The van der Waals surface area contributed by atoms with E-state index in [0.717, 1.165) is 5.76 Å². The van der Waals surface area contributed by atoms with E-state index in [9.17, 15) is 4.79 Å². The molecule has 5 nitrogen and oxygen atoms in total. The van der Waals surface area contributed by atoms with Crippen LogP contribution in [0.1, 0.15) is 32.6 Å². The number of furan rings is 1. The maximum absolute atomic E-state index is 12.0. The smallest absolute Gasteiger partial charge is 0.287 e. The average molecular weight is 296 g/mol. The van der Waals surface area contributed by atoms with Gasteiger partial charge in [0.05, 0.1) is 24.2 Å². The Labute approximate surface area is 122 Å². The number of halogens is 1. The molecule has 0 aliphatic carbocycles. The summed E-state index contributed by atoms with van der Waals surface area (Å²) >= 11 is 6.11. The Morgan fingerprint density at radius 1 is 1.45 bits per heavy atom. The molecule has 20 heavy (non-hydrogen) atoms. The summed E-state index contributed by atoms with van der Waals surface area (Å²) < 4.78 is 6.66. The standard InChI is InChI=1S/C14H18ClN3O2/c1-9(2)18-14(19)13(15)12(8-16-18)17-10(3)7-11-5-4-6-20-11/h4-6,8-10,17H,7H2,1-3H3. The molecule has 2 aromatic heterocycles. The van der Waals surface area contributed by atoms with E-state index < -0.39 is 0 Å². The van der Waals surface area contributed by atoms with E-state index in [1.54, 1.807) is 12.5 Å². The molecule has 0 saturated heterocycles. The SMILES string of the molecule is CC(Cc1ccco1)Nc1cnn(C(C)C)c(=O)c1Cl. The van der Waals surface area contributed by atoms with Crippen LogP contribution in [0.2, 0.25) is 5.02 Å². The maximum atomic E-state index is 12.0. The van der Waals surface area contributed by atoms with Gasteiger partial charge < -0.3 is 9.73 Å². The third kappa shape index (κ3) is 3.22. The molecule has 0 spiro atoms. The van der Waals surface area contributed by atoms with E-state index in [1.165, 1.54) is 4.68 Å². The fourth-order valence-electron chi connectivity index (χ4n) is 1.96. The average Bonchev–Trinajstić information content (AvgIpc) is 2.87. The van der Waals surface area contributed by atoms with Crippen molar-refractivity contribution >= 4 is 17.3 Å². The van der Waals surface area contributed by atoms with Crippen LogP contribution in [0.25, 0.3) is 0 Å². The van der Waals surface area contributed by atoms with Gasteiger partial charge in [-0.2, -0.15) is 5.10 Å². The molecule has 0 fully saturated rings. The topological polar surface area (TPSA) is 60.1 Å². The minimum atomic E-state index is -0.281. The number of anilines is 1. The lowest BCUT2D eigenvalue weighted by Crippen LogP contribution is -2.27. The zero-order valence-corrected chi connectivity index (χ0v) is 12.5. The highest BCUT2D eigenvalue weighted by Gasteiger charge is 2.13. The quantitative estimate of drug-likeness (QED) is 0.921. The molecule has 0 aliphatic rings. The minimum Gasteiger partial charge on any atom is -0.469 e. The van der Waals surface area contributed by atoms with Crippen LogP contribution in [0.3, 0.4) is 0 Å². The number of nitrogens with zero attached hydrogens (tertiary/aromatic N) is 2. The summed E-state index contributed by atoms with van der Waals surface area (Å²) in [6.07, 6.45) is 3.93. The van der Waals surface area contributed by atoms with E-state index in [-0.39, 0.29) is 22.7 Å². The van der Waals surface area contributed by atoms with Gasteiger partial charge in [0.25, 0.3) is 5.56 Å². The Bertz CT molecular complexity index is 620. The van der Waals surface area contributed by atoms with E-state index in [2.05, 4.69) is 10.4 Å². The monoisotopic (exact) mass is 295 g/mol. The second kappa shape index (κ2) is 6.13. The highest BCUT2D eigenvalue weighted by Crippen LogP contribution is 2.18. The van der Waals surface area contributed by atoms with Crippen molar-refractivity contribution in [1.82, 2.24) is 9.78 Å². The first-order chi connectivity index (χ1) is 9.49. The zero-order valence-electron chi connectivity index (χ0n) is 11.8. The third-order valence-corrected chi connectivity index (χ3v) is 3.29. The fraction of sp³-hybridized carbons (Fsp3) is 0.429. The van der Waals surface area contributed by atoms with Gasteiger partial charge in [0.1, 0.15) is 10.8 Å². The largest absolute Gasteiger partial charge is 0.469 e. The molecule has 2 rings (SSSR count). The lowest BCUT2D eigenvalue weighted by molar-refractivity contribution is 0.495. The van der Waals surface area contributed by atoms with Gasteiger partial charge in [0.15, 0.2) is 0 Å². The van der Waals surface area contributed by atoms with Gasteiger partial charge in [0, 0.05) is 12.5 Å². The second-order valence-corrected chi connectivity index (χ2v) is 5.42. The van der Waals surface area contributed by atoms with Gasteiger partial charge in [-0.15, -0.1) is 0 Å². The Kier molecular flexibility index (Phi) is 4.49. The van der Waals surface area contributed by atoms with Crippen molar-refractivity contribution in [3.05, 3.63) is 45.7 Å². The van der Waals surface area contributed by atoms with Crippen LogP contribution in [-0.4, -0.2) is 15.8 Å². The molecule has 1 atom stereocenters. The molecule has 0 saturated carbocycles. The van der Waals surface area contributed by atoms with E-state index in [4.69, 9.17) is 16.0 Å². The van der Waals surface area contributed by atoms with Crippen LogP contribution in [-0.2, 0) is 6.42 Å². The van der Waals surface area contributed by atoms with Crippen molar-refractivity contribution in [3.63, 3.8) is 0 Å². The van der Waals surface area contributed by atoms with Crippen LogP contribution >= 0.6 is 11.6 Å². The van der Waals surface area contributed by atoms with Crippen LogP contribution in [0.5, 0.6) is 0 Å². The van der Waals surface area contributed by atoms with Crippen LogP contribution in [0, 0.1) is 0 Å². The molecule has 0 bridgehead atoms. The van der Waals surface area contributed by atoms with Crippen molar-refractivity contribution in [2.24, 2.45) is 0 Å². The number of rotatable bonds is 5. The van der Waals surface area contributed by atoms with Crippen molar-refractivity contribution in [2.75, 3.05) is 5.32 Å². The van der Waals surface area contributed by atoms with Crippen LogP contribution in [0.4, 0.5) is 5.69 Å². The lowest BCUT2D eigenvalue weighted by Gasteiger charge is -2.16. The number of nitrogens with one attached hydrogen (secondary N) is 1. The summed E-state index contributed by atoms with van der Waals surface area (Å²) in [6, 6.07) is 3.82. The zero-order chi connectivity index (χ0) is 14.7. The number of hydrogen-bond donors (Lipinski definition) is 1. The Morgan fingerprint density at radius 2 is 2.20 bits per heavy atom. The van der Waals surface area contributed by atoms with Crippen molar-refractivity contribution < 1.29 is 4.42 Å². The van der Waals surface area contributed by atoms with Gasteiger partial charge >= 0.3 is 0 Å². The first kappa shape index (κ1) is 14.7. The predicted octanol–water partition coefficient (Wildman–Crippen LogP) is 3.11. The molecular formula is C14H18ClN3O2. The van der Waals surface area contributed by atoms with Crippen molar-refractivity contribution in [3.8, 4) is 0 Å². The summed E-state index contributed by atoms with van der Waals surface area (Å²) in [4.78, 5) is 12.0. The summed E-state index contributed by atoms with van der Waals surface area (Å²) in [7, 11) is 0.